The molecule has 0 radical (unpaired) electrons. The smallest absolute Gasteiger partial charge is 0.320 e. The fourth-order valence-electron chi connectivity index (χ4n) is 2.29. The van der Waals surface area contributed by atoms with Crippen LogP contribution in [0.4, 0.5) is 0 Å². The molecule has 5 nitrogen and oxygen atoms in total. The lowest BCUT2D eigenvalue weighted by molar-refractivity contribution is -0.138. The van der Waals surface area contributed by atoms with E-state index in [2.05, 4.69) is 0 Å². The Kier molecular flexibility index (Phi) is 6.00. The molecule has 5 heteroatoms. The highest BCUT2D eigenvalue weighted by molar-refractivity contribution is 5.73. The van der Waals surface area contributed by atoms with E-state index >= 15 is 0 Å². The summed E-state index contributed by atoms with van der Waals surface area (Å²) in [6.07, 6.45) is 0.941. The van der Waals surface area contributed by atoms with Gasteiger partial charge in [0.1, 0.15) is 6.04 Å². The predicted molar refractivity (Wildman–Crippen MR) is 88.0 cm³/mol. The standard InChI is InChI=1S/C18H21NO4/c1-22-16-9-5-8-14(12-15(19)18(20)21)17(16)23-11-10-13-6-3-2-4-7-13/h2-9,15H,10-12,19H2,1H3,(H,20,21)/t15-/m1/s1. The molecule has 0 unspecified atom stereocenters. The van der Waals surface area contributed by atoms with E-state index < -0.39 is 12.0 Å². The number of hydrogen-bond donors (Lipinski definition) is 2. The van der Waals surface area contributed by atoms with Crippen LogP contribution in [0.5, 0.6) is 11.5 Å². The molecule has 0 aromatic heterocycles. The van der Waals surface area contributed by atoms with Crippen LogP contribution >= 0.6 is 0 Å². The first-order chi connectivity index (χ1) is 11.1. The van der Waals surface area contributed by atoms with E-state index in [0.717, 1.165) is 12.0 Å². The quantitative estimate of drug-likeness (QED) is 0.781. The Morgan fingerprint density at radius 2 is 1.91 bits per heavy atom. The van der Waals surface area contributed by atoms with Crippen LogP contribution < -0.4 is 15.2 Å². The highest BCUT2D eigenvalue weighted by Crippen LogP contribution is 2.32. The number of carboxylic acid groups (broad SMARTS) is 1. The molecule has 23 heavy (non-hydrogen) atoms. The Morgan fingerprint density at radius 3 is 2.57 bits per heavy atom. The molecule has 0 bridgehead atoms. The summed E-state index contributed by atoms with van der Waals surface area (Å²) in [7, 11) is 1.56. The van der Waals surface area contributed by atoms with Gasteiger partial charge in [-0.1, -0.05) is 42.5 Å². The normalized spacial score (nSPS) is 11.7. The van der Waals surface area contributed by atoms with E-state index in [4.69, 9.17) is 20.3 Å². The Balaban J connectivity index is 2.10. The predicted octanol–water partition coefficient (Wildman–Crippen LogP) is 2.27. The Hall–Kier alpha value is -2.53. The van der Waals surface area contributed by atoms with E-state index in [-0.39, 0.29) is 6.42 Å². The van der Waals surface area contributed by atoms with Crippen LogP contribution in [-0.2, 0) is 17.6 Å². The molecule has 2 aromatic carbocycles. The number of aliphatic carboxylic acids is 1. The lowest BCUT2D eigenvalue weighted by atomic mass is 10.0. The number of rotatable bonds is 8. The van der Waals surface area contributed by atoms with Gasteiger partial charge in [0, 0.05) is 18.4 Å². The van der Waals surface area contributed by atoms with Gasteiger partial charge in [-0.15, -0.1) is 0 Å². The molecule has 0 saturated carbocycles. The average Bonchev–Trinajstić information content (AvgIpc) is 2.56. The second kappa shape index (κ2) is 8.19. The van der Waals surface area contributed by atoms with Crippen LogP contribution in [0, 0.1) is 0 Å². The fraction of sp³-hybridized carbons (Fsp3) is 0.278. The zero-order valence-electron chi connectivity index (χ0n) is 13.1. The number of methoxy groups -OCH3 is 1. The van der Waals surface area contributed by atoms with Crippen LogP contribution in [0.2, 0.25) is 0 Å². The van der Waals surface area contributed by atoms with Gasteiger partial charge in [0.2, 0.25) is 0 Å². The van der Waals surface area contributed by atoms with Crippen molar-refractivity contribution in [2.45, 2.75) is 18.9 Å². The third-order valence-corrected chi connectivity index (χ3v) is 3.52. The summed E-state index contributed by atoms with van der Waals surface area (Å²) in [5.41, 5.74) is 7.53. The summed E-state index contributed by atoms with van der Waals surface area (Å²) in [5.74, 6) is 0.0961. The summed E-state index contributed by atoms with van der Waals surface area (Å²) in [4.78, 5) is 11.0. The summed E-state index contributed by atoms with van der Waals surface area (Å²) < 4.78 is 11.2. The first-order valence-electron chi connectivity index (χ1n) is 7.42. The number of hydrogen-bond acceptors (Lipinski definition) is 4. The number of ether oxygens (including phenoxy) is 2. The second-order valence-corrected chi connectivity index (χ2v) is 5.18. The van der Waals surface area contributed by atoms with Gasteiger partial charge < -0.3 is 20.3 Å². The average molecular weight is 315 g/mol. The van der Waals surface area contributed by atoms with Gasteiger partial charge in [-0.05, 0) is 11.6 Å². The van der Waals surface area contributed by atoms with Gasteiger partial charge >= 0.3 is 5.97 Å². The number of benzene rings is 2. The number of para-hydroxylation sites is 1. The maximum Gasteiger partial charge on any atom is 0.320 e. The molecule has 122 valence electrons. The first kappa shape index (κ1) is 16.8. The third-order valence-electron chi connectivity index (χ3n) is 3.52. The Labute approximate surface area is 135 Å². The molecule has 0 fully saturated rings. The van der Waals surface area contributed by atoms with Gasteiger partial charge in [0.05, 0.1) is 13.7 Å². The van der Waals surface area contributed by atoms with Crippen LogP contribution in [-0.4, -0.2) is 30.8 Å². The van der Waals surface area contributed by atoms with Gasteiger partial charge in [-0.3, -0.25) is 4.79 Å². The van der Waals surface area contributed by atoms with Crippen LogP contribution in [0.15, 0.2) is 48.5 Å². The zero-order valence-corrected chi connectivity index (χ0v) is 13.1. The Morgan fingerprint density at radius 1 is 1.17 bits per heavy atom. The van der Waals surface area contributed by atoms with Gasteiger partial charge in [0.25, 0.3) is 0 Å². The topological polar surface area (TPSA) is 81.8 Å². The highest BCUT2D eigenvalue weighted by atomic mass is 16.5. The highest BCUT2D eigenvalue weighted by Gasteiger charge is 2.17. The van der Waals surface area contributed by atoms with E-state index in [0.29, 0.717) is 18.1 Å². The van der Waals surface area contributed by atoms with Crippen molar-refractivity contribution in [1.29, 1.82) is 0 Å². The largest absolute Gasteiger partial charge is 0.493 e. The van der Waals surface area contributed by atoms with E-state index in [1.54, 1.807) is 19.2 Å². The Bertz CT molecular complexity index is 643. The van der Waals surface area contributed by atoms with Crippen molar-refractivity contribution < 1.29 is 19.4 Å². The van der Waals surface area contributed by atoms with Crippen molar-refractivity contribution in [3.8, 4) is 11.5 Å². The summed E-state index contributed by atoms with van der Waals surface area (Å²) >= 11 is 0. The minimum absolute atomic E-state index is 0.188. The monoisotopic (exact) mass is 315 g/mol. The van der Waals surface area contributed by atoms with Crippen molar-refractivity contribution in [3.63, 3.8) is 0 Å². The van der Waals surface area contributed by atoms with E-state index in [9.17, 15) is 4.79 Å². The van der Waals surface area contributed by atoms with Crippen molar-refractivity contribution in [2.24, 2.45) is 5.73 Å². The maximum atomic E-state index is 11.0. The molecule has 0 aliphatic heterocycles. The lowest BCUT2D eigenvalue weighted by Gasteiger charge is -2.16. The molecule has 0 heterocycles. The van der Waals surface area contributed by atoms with Crippen molar-refractivity contribution in [2.75, 3.05) is 13.7 Å². The van der Waals surface area contributed by atoms with Crippen LogP contribution in [0.25, 0.3) is 0 Å². The molecule has 1 atom stereocenters. The van der Waals surface area contributed by atoms with Crippen molar-refractivity contribution >= 4 is 5.97 Å². The SMILES string of the molecule is COc1cccc(C[C@@H](N)C(=O)O)c1OCCc1ccccc1. The number of nitrogens with two attached hydrogens (primary N) is 1. The molecule has 2 aromatic rings. The van der Waals surface area contributed by atoms with Gasteiger partial charge in [-0.25, -0.2) is 0 Å². The molecule has 0 amide bonds. The molecular formula is C18H21NO4. The van der Waals surface area contributed by atoms with E-state index in [1.807, 2.05) is 36.4 Å². The third kappa shape index (κ3) is 4.72. The minimum Gasteiger partial charge on any atom is -0.493 e. The first-order valence-corrected chi connectivity index (χ1v) is 7.42. The molecule has 2 rings (SSSR count). The zero-order chi connectivity index (χ0) is 16.7. The van der Waals surface area contributed by atoms with Crippen LogP contribution in [0.3, 0.4) is 0 Å². The molecule has 0 spiro atoms. The number of carbonyl (C=O) groups is 1. The fourth-order valence-corrected chi connectivity index (χ4v) is 2.29. The number of carboxylic acids is 1. The molecule has 0 aliphatic rings. The minimum atomic E-state index is -1.04. The maximum absolute atomic E-state index is 11.0. The summed E-state index contributed by atoms with van der Waals surface area (Å²) in [5, 5.41) is 8.99. The van der Waals surface area contributed by atoms with Crippen molar-refractivity contribution in [1.82, 2.24) is 0 Å². The summed E-state index contributed by atoms with van der Waals surface area (Å²) in [6, 6.07) is 14.4. The molecular weight excluding hydrogens is 294 g/mol. The van der Waals surface area contributed by atoms with Gasteiger partial charge in [0.15, 0.2) is 11.5 Å². The molecule has 0 saturated heterocycles. The molecule has 0 aliphatic carbocycles. The summed E-state index contributed by atoms with van der Waals surface area (Å²) in [6.45, 7) is 0.472. The molecule has 3 N–H and O–H groups in total. The second-order valence-electron chi connectivity index (χ2n) is 5.18. The van der Waals surface area contributed by atoms with Crippen molar-refractivity contribution in [3.05, 3.63) is 59.7 Å². The van der Waals surface area contributed by atoms with Crippen LogP contribution in [0.1, 0.15) is 11.1 Å². The van der Waals surface area contributed by atoms with E-state index in [1.165, 1.54) is 5.56 Å². The lowest BCUT2D eigenvalue weighted by Crippen LogP contribution is -2.32. The van der Waals surface area contributed by atoms with Gasteiger partial charge in [-0.2, -0.15) is 0 Å².